The Kier molecular flexibility index (Phi) is 4.74. The van der Waals surface area contributed by atoms with Crippen molar-refractivity contribution in [1.82, 2.24) is 5.32 Å². The summed E-state index contributed by atoms with van der Waals surface area (Å²) in [5.74, 6) is 0.266. The zero-order chi connectivity index (χ0) is 14.5. The molecule has 0 aliphatic carbocycles. The average Bonchev–Trinajstić information content (AvgIpc) is 2.45. The fourth-order valence-electron chi connectivity index (χ4n) is 2.03. The Morgan fingerprint density at radius 1 is 1.15 bits per heavy atom. The van der Waals surface area contributed by atoms with Gasteiger partial charge in [0.2, 0.25) is 0 Å². The van der Waals surface area contributed by atoms with Crippen LogP contribution in [0, 0.1) is 5.82 Å². The first kappa shape index (κ1) is 14.5. The summed E-state index contributed by atoms with van der Waals surface area (Å²) < 4.78 is 19.1. The van der Waals surface area contributed by atoms with Gasteiger partial charge in [0, 0.05) is 24.2 Å². The fourth-order valence-corrected chi connectivity index (χ4v) is 2.03. The minimum atomic E-state index is -0.265. The van der Waals surface area contributed by atoms with Crippen molar-refractivity contribution in [2.45, 2.75) is 26.4 Å². The lowest BCUT2D eigenvalue weighted by Crippen LogP contribution is -2.21. The van der Waals surface area contributed by atoms with Gasteiger partial charge in [-0.15, -0.1) is 0 Å². The van der Waals surface area contributed by atoms with Gasteiger partial charge in [-0.25, -0.2) is 4.39 Å². The molecule has 2 aromatic carbocycles. The van der Waals surface area contributed by atoms with E-state index >= 15 is 0 Å². The van der Waals surface area contributed by atoms with E-state index in [1.54, 1.807) is 12.1 Å². The van der Waals surface area contributed by atoms with Crippen molar-refractivity contribution in [2.24, 2.45) is 0 Å². The first-order chi connectivity index (χ1) is 9.60. The van der Waals surface area contributed by atoms with Crippen LogP contribution < -0.4 is 10.1 Å². The summed E-state index contributed by atoms with van der Waals surface area (Å²) in [5, 5.41) is 3.36. The number of benzene rings is 2. The van der Waals surface area contributed by atoms with Gasteiger partial charge in [0.15, 0.2) is 0 Å². The van der Waals surface area contributed by atoms with Crippen LogP contribution in [0.4, 0.5) is 4.39 Å². The van der Waals surface area contributed by atoms with Crippen LogP contribution in [0.15, 0.2) is 42.5 Å². The Morgan fingerprint density at radius 3 is 2.60 bits per heavy atom. The van der Waals surface area contributed by atoms with E-state index in [1.165, 1.54) is 13.2 Å². The van der Waals surface area contributed by atoms with E-state index in [0.717, 1.165) is 17.7 Å². The second kappa shape index (κ2) is 6.53. The molecular weight excluding hydrogens is 253 g/mol. The summed E-state index contributed by atoms with van der Waals surface area (Å²) in [6.07, 6.45) is 0. The first-order valence-corrected chi connectivity index (χ1v) is 6.76. The SMILES string of the molecule is COc1ccc(-c2cccc(CNC(C)C)c2)c(F)c1. The molecule has 2 rings (SSSR count). The van der Waals surface area contributed by atoms with Crippen molar-refractivity contribution in [3.05, 3.63) is 53.8 Å². The minimum absolute atomic E-state index is 0.265. The van der Waals surface area contributed by atoms with Crippen LogP contribution in [0.3, 0.4) is 0 Å². The molecule has 0 fully saturated rings. The molecule has 2 aromatic rings. The van der Waals surface area contributed by atoms with E-state index in [1.807, 2.05) is 24.3 Å². The van der Waals surface area contributed by atoms with E-state index in [4.69, 9.17) is 4.74 Å². The number of hydrogen-bond donors (Lipinski definition) is 1. The lowest BCUT2D eigenvalue weighted by molar-refractivity contribution is 0.411. The van der Waals surface area contributed by atoms with Gasteiger partial charge in [0.05, 0.1) is 7.11 Å². The highest BCUT2D eigenvalue weighted by molar-refractivity contribution is 5.65. The number of hydrogen-bond acceptors (Lipinski definition) is 2. The maximum absolute atomic E-state index is 14.1. The first-order valence-electron chi connectivity index (χ1n) is 6.76. The fraction of sp³-hybridized carbons (Fsp3) is 0.294. The van der Waals surface area contributed by atoms with Crippen LogP contribution in [0.2, 0.25) is 0 Å². The molecule has 20 heavy (non-hydrogen) atoms. The molecule has 0 bridgehead atoms. The molecule has 0 unspecified atom stereocenters. The molecule has 1 N–H and O–H groups in total. The molecular formula is C17H20FNO. The van der Waals surface area contributed by atoms with Crippen LogP contribution in [0.25, 0.3) is 11.1 Å². The molecule has 3 heteroatoms. The van der Waals surface area contributed by atoms with Gasteiger partial charge in [-0.3, -0.25) is 0 Å². The number of methoxy groups -OCH3 is 1. The molecule has 0 radical (unpaired) electrons. The van der Waals surface area contributed by atoms with Gasteiger partial charge in [-0.2, -0.15) is 0 Å². The second-order valence-corrected chi connectivity index (χ2v) is 5.08. The van der Waals surface area contributed by atoms with Gasteiger partial charge in [0.1, 0.15) is 11.6 Å². The van der Waals surface area contributed by atoms with Crippen LogP contribution in [-0.4, -0.2) is 13.2 Å². The molecule has 0 spiro atoms. The number of ether oxygens (including phenoxy) is 1. The van der Waals surface area contributed by atoms with Crippen molar-refractivity contribution in [3.8, 4) is 16.9 Å². The topological polar surface area (TPSA) is 21.3 Å². The molecule has 106 valence electrons. The summed E-state index contributed by atoms with van der Waals surface area (Å²) in [7, 11) is 1.53. The van der Waals surface area contributed by atoms with Crippen molar-refractivity contribution in [2.75, 3.05) is 7.11 Å². The largest absolute Gasteiger partial charge is 0.497 e. The van der Waals surface area contributed by atoms with Crippen LogP contribution in [0.1, 0.15) is 19.4 Å². The Bertz CT molecular complexity index is 581. The third kappa shape index (κ3) is 3.58. The summed E-state index contributed by atoms with van der Waals surface area (Å²) in [6.45, 7) is 4.99. The third-order valence-electron chi connectivity index (χ3n) is 3.13. The lowest BCUT2D eigenvalue weighted by atomic mass is 10.0. The van der Waals surface area contributed by atoms with Gasteiger partial charge < -0.3 is 10.1 Å². The standard InChI is InChI=1S/C17H20FNO/c1-12(2)19-11-13-5-4-6-14(9-13)16-8-7-15(20-3)10-17(16)18/h4-10,12,19H,11H2,1-3H3. The normalized spacial score (nSPS) is 10.8. The smallest absolute Gasteiger partial charge is 0.134 e. The molecule has 0 aliphatic rings. The molecule has 0 saturated heterocycles. The predicted molar refractivity (Wildman–Crippen MR) is 80.4 cm³/mol. The monoisotopic (exact) mass is 273 g/mol. The van der Waals surface area contributed by atoms with Crippen LogP contribution in [-0.2, 0) is 6.54 Å². The third-order valence-corrected chi connectivity index (χ3v) is 3.13. The maximum atomic E-state index is 14.1. The quantitative estimate of drug-likeness (QED) is 0.889. The van der Waals surface area contributed by atoms with Crippen molar-refractivity contribution in [3.63, 3.8) is 0 Å². The summed E-state index contributed by atoms with van der Waals surface area (Å²) >= 11 is 0. The molecule has 2 nitrogen and oxygen atoms in total. The average molecular weight is 273 g/mol. The minimum Gasteiger partial charge on any atom is -0.497 e. The Labute approximate surface area is 119 Å². The van der Waals surface area contributed by atoms with Crippen molar-refractivity contribution >= 4 is 0 Å². The van der Waals surface area contributed by atoms with E-state index < -0.39 is 0 Å². The zero-order valence-corrected chi connectivity index (χ0v) is 12.1. The highest BCUT2D eigenvalue weighted by Crippen LogP contribution is 2.26. The van der Waals surface area contributed by atoms with Crippen molar-refractivity contribution < 1.29 is 9.13 Å². The molecule has 0 aliphatic heterocycles. The molecule has 0 heterocycles. The van der Waals surface area contributed by atoms with Crippen molar-refractivity contribution in [1.29, 1.82) is 0 Å². The molecule has 0 amide bonds. The van der Waals surface area contributed by atoms with E-state index in [2.05, 4.69) is 19.2 Å². The summed E-state index contributed by atoms with van der Waals surface area (Å²) in [6, 6.07) is 13.3. The zero-order valence-electron chi connectivity index (χ0n) is 12.1. The van der Waals surface area contributed by atoms with Gasteiger partial charge in [0.25, 0.3) is 0 Å². The molecule has 0 atom stereocenters. The Balaban J connectivity index is 2.26. The van der Waals surface area contributed by atoms with E-state index in [9.17, 15) is 4.39 Å². The second-order valence-electron chi connectivity index (χ2n) is 5.08. The highest BCUT2D eigenvalue weighted by atomic mass is 19.1. The maximum Gasteiger partial charge on any atom is 0.134 e. The lowest BCUT2D eigenvalue weighted by Gasteiger charge is -2.10. The van der Waals surface area contributed by atoms with Crippen LogP contribution in [0.5, 0.6) is 5.75 Å². The Morgan fingerprint density at radius 2 is 1.95 bits per heavy atom. The summed E-state index contributed by atoms with van der Waals surface area (Å²) in [4.78, 5) is 0. The molecule has 0 saturated carbocycles. The number of nitrogens with one attached hydrogen (secondary N) is 1. The van der Waals surface area contributed by atoms with Crippen LogP contribution >= 0.6 is 0 Å². The Hall–Kier alpha value is -1.87. The van der Waals surface area contributed by atoms with Gasteiger partial charge >= 0.3 is 0 Å². The van der Waals surface area contributed by atoms with E-state index in [-0.39, 0.29) is 5.82 Å². The highest BCUT2D eigenvalue weighted by Gasteiger charge is 2.07. The predicted octanol–water partition coefficient (Wildman–Crippen LogP) is 4.00. The van der Waals surface area contributed by atoms with Gasteiger partial charge in [-0.05, 0) is 29.3 Å². The number of halogens is 1. The van der Waals surface area contributed by atoms with E-state index in [0.29, 0.717) is 17.4 Å². The summed E-state index contributed by atoms with van der Waals surface area (Å²) in [5.41, 5.74) is 2.62. The molecule has 0 aromatic heterocycles. The van der Waals surface area contributed by atoms with Gasteiger partial charge in [-0.1, -0.05) is 32.0 Å². The number of rotatable bonds is 5.